The highest BCUT2D eigenvalue weighted by atomic mass is 15.3. The second kappa shape index (κ2) is 6.97. The molecule has 2 N–H and O–H groups in total. The van der Waals surface area contributed by atoms with Crippen LogP contribution in [0.1, 0.15) is 66.5 Å². The van der Waals surface area contributed by atoms with Crippen molar-refractivity contribution >= 4 is 0 Å². The van der Waals surface area contributed by atoms with Crippen LogP contribution in [0.4, 0.5) is 0 Å². The van der Waals surface area contributed by atoms with Crippen LogP contribution in [0, 0.1) is 0 Å². The van der Waals surface area contributed by atoms with Gasteiger partial charge in [0.25, 0.3) is 0 Å². The highest BCUT2D eigenvalue weighted by molar-refractivity contribution is 5.37. The van der Waals surface area contributed by atoms with Gasteiger partial charge in [0, 0.05) is 23.4 Å². The van der Waals surface area contributed by atoms with E-state index in [0.29, 0.717) is 11.8 Å². The fourth-order valence-corrected chi connectivity index (χ4v) is 4.52. The second-order valence-electron chi connectivity index (χ2n) is 7.97. The van der Waals surface area contributed by atoms with Crippen molar-refractivity contribution in [3.63, 3.8) is 0 Å². The molecule has 1 unspecified atom stereocenters. The van der Waals surface area contributed by atoms with Crippen molar-refractivity contribution in [3.8, 4) is 5.69 Å². The van der Waals surface area contributed by atoms with Crippen molar-refractivity contribution < 1.29 is 0 Å². The Hall–Kier alpha value is -2.40. The second-order valence-corrected chi connectivity index (χ2v) is 7.97. The molecule has 2 aliphatic rings. The molecule has 5 heteroatoms. The third-order valence-corrected chi connectivity index (χ3v) is 5.97. The summed E-state index contributed by atoms with van der Waals surface area (Å²) in [4.78, 5) is 0. The smallest absolute Gasteiger partial charge is 0.0693 e. The number of nitrogens with two attached hydrogens (primary N) is 1. The molecule has 1 fully saturated rings. The van der Waals surface area contributed by atoms with Crippen molar-refractivity contribution in [2.75, 3.05) is 6.54 Å². The zero-order valence-corrected chi connectivity index (χ0v) is 15.7. The fraction of sp³-hybridized carbons (Fsp3) is 0.455. The van der Waals surface area contributed by atoms with Crippen LogP contribution in [0.25, 0.3) is 5.69 Å². The van der Waals surface area contributed by atoms with Gasteiger partial charge in [-0.3, -0.25) is 4.68 Å². The number of benzene rings is 1. The van der Waals surface area contributed by atoms with E-state index in [1.165, 1.54) is 42.6 Å². The molecule has 2 aliphatic carbocycles. The molecule has 0 bridgehead atoms. The van der Waals surface area contributed by atoms with E-state index in [9.17, 15) is 0 Å². The number of nitrogens with zero attached hydrogens (tertiary/aromatic N) is 4. The van der Waals surface area contributed by atoms with Gasteiger partial charge in [-0.1, -0.05) is 18.2 Å². The van der Waals surface area contributed by atoms with E-state index in [1.54, 1.807) is 5.56 Å². The molecule has 0 aliphatic heterocycles. The van der Waals surface area contributed by atoms with Crippen LogP contribution in [-0.4, -0.2) is 26.1 Å². The fourth-order valence-electron chi connectivity index (χ4n) is 4.52. The molecule has 3 aromatic rings. The third-order valence-electron chi connectivity index (χ3n) is 5.97. The number of para-hydroxylation sites is 1. The van der Waals surface area contributed by atoms with Crippen LogP contribution in [0.3, 0.4) is 0 Å². The average Bonchev–Trinajstić information content (AvgIpc) is 3.33. The number of hydrogen-bond acceptors (Lipinski definition) is 3. The molecule has 2 aromatic heterocycles. The number of rotatable bonds is 6. The van der Waals surface area contributed by atoms with Crippen molar-refractivity contribution in [2.24, 2.45) is 5.73 Å². The summed E-state index contributed by atoms with van der Waals surface area (Å²) in [6.07, 6.45) is 11.4. The van der Waals surface area contributed by atoms with Gasteiger partial charge in [-0.2, -0.15) is 10.2 Å². The Balaban J connectivity index is 1.46. The first-order valence-electron chi connectivity index (χ1n) is 10.2. The van der Waals surface area contributed by atoms with Crippen LogP contribution in [0.15, 0.2) is 42.7 Å². The molecule has 5 rings (SSSR count). The lowest BCUT2D eigenvalue weighted by molar-refractivity contribution is 0.505. The van der Waals surface area contributed by atoms with Crippen LogP contribution in [0.5, 0.6) is 0 Å². The van der Waals surface area contributed by atoms with Crippen LogP contribution in [0.2, 0.25) is 0 Å². The molecule has 2 heterocycles. The first-order valence-corrected chi connectivity index (χ1v) is 10.2. The van der Waals surface area contributed by atoms with E-state index < -0.39 is 0 Å². The number of hydrogen-bond donors (Lipinski definition) is 1. The minimum Gasteiger partial charge on any atom is -0.330 e. The molecule has 0 spiro atoms. The Bertz CT molecular complexity index is 920. The molecule has 0 saturated heterocycles. The van der Waals surface area contributed by atoms with Gasteiger partial charge < -0.3 is 5.73 Å². The van der Waals surface area contributed by atoms with Crippen LogP contribution in [-0.2, 0) is 13.0 Å². The van der Waals surface area contributed by atoms with Crippen molar-refractivity contribution in [1.82, 2.24) is 19.6 Å². The van der Waals surface area contributed by atoms with Crippen LogP contribution >= 0.6 is 0 Å². The lowest BCUT2D eigenvalue weighted by atomic mass is 9.82. The van der Waals surface area contributed by atoms with Gasteiger partial charge in [0.2, 0.25) is 0 Å². The summed E-state index contributed by atoms with van der Waals surface area (Å²) in [5.41, 5.74) is 12.6. The number of fused-ring (bicyclic) bond motifs is 1. The zero-order valence-electron chi connectivity index (χ0n) is 15.7. The predicted molar refractivity (Wildman–Crippen MR) is 106 cm³/mol. The molecule has 5 nitrogen and oxygen atoms in total. The first kappa shape index (κ1) is 16.8. The summed E-state index contributed by atoms with van der Waals surface area (Å²) in [6.45, 7) is 1.57. The van der Waals surface area contributed by atoms with E-state index in [1.807, 2.05) is 29.1 Å². The van der Waals surface area contributed by atoms with Gasteiger partial charge in [-0.05, 0) is 68.7 Å². The monoisotopic (exact) mass is 361 g/mol. The summed E-state index contributed by atoms with van der Waals surface area (Å²) in [5.74, 6) is 1.29. The molecular weight excluding hydrogens is 334 g/mol. The van der Waals surface area contributed by atoms with Crippen molar-refractivity contribution in [3.05, 3.63) is 65.2 Å². The Morgan fingerprint density at radius 1 is 1.11 bits per heavy atom. The molecule has 1 saturated carbocycles. The summed E-state index contributed by atoms with van der Waals surface area (Å²) in [7, 11) is 0. The SMILES string of the molecule is NCCC1CCCc2c1c(C1CC1)nn2Cc1cnn(-c2ccccc2)c1. The van der Waals surface area contributed by atoms with E-state index in [4.69, 9.17) is 10.8 Å². The maximum Gasteiger partial charge on any atom is 0.0693 e. The van der Waals surface area contributed by atoms with E-state index in [0.717, 1.165) is 31.6 Å². The Kier molecular flexibility index (Phi) is 4.32. The van der Waals surface area contributed by atoms with Crippen LogP contribution < -0.4 is 5.73 Å². The molecule has 0 radical (unpaired) electrons. The Labute approximate surface area is 160 Å². The van der Waals surface area contributed by atoms with Gasteiger partial charge in [-0.15, -0.1) is 0 Å². The minimum absolute atomic E-state index is 0.607. The van der Waals surface area contributed by atoms with Gasteiger partial charge in [0.05, 0.1) is 24.1 Å². The summed E-state index contributed by atoms with van der Waals surface area (Å²) >= 11 is 0. The average molecular weight is 361 g/mol. The molecule has 140 valence electrons. The van der Waals surface area contributed by atoms with E-state index in [-0.39, 0.29) is 0 Å². The predicted octanol–water partition coefficient (Wildman–Crippen LogP) is 3.76. The lowest BCUT2D eigenvalue weighted by Crippen LogP contribution is -2.16. The largest absolute Gasteiger partial charge is 0.330 e. The van der Waals surface area contributed by atoms with E-state index >= 15 is 0 Å². The quantitative estimate of drug-likeness (QED) is 0.727. The summed E-state index contributed by atoms with van der Waals surface area (Å²) in [6, 6.07) is 10.3. The number of aromatic nitrogens is 4. The van der Waals surface area contributed by atoms with Gasteiger partial charge in [-0.25, -0.2) is 4.68 Å². The highest BCUT2D eigenvalue weighted by Crippen LogP contribution is 2.46. The standard InChI is InChI=1S/C22H27N5/c23-12-11-17-5-4-8-20-21(17)22(18-9-10-18)25-27(20)15-16-13-24-26(14-16)19-6-2-1-3-7-19/h1-3,6-7,13-14,17-18H,4-5,8-12,15,23H2. The maximum atomic E-state index is 5.91. The Morgan fingerprint density at radius 3 is 2.74 bits per heavy atom. The molecule has 0 amide bonds. The van der Waals surface area contributed by atoms with Gasteiger partial charge in [0.1, 0.15) is 0 Å². The summed E-state index contributed by atoms with van der Waals surface area (Å²) in [5, 5.41) is 9.65. The molecule has 27 heavy (non-hydrogen) atoms. The summed E-state index contributed by atoms with van der Waals surface area (Å²) < 4.78 is 4.21. The van der Waals surface area contributed by atoms with Gasteiger partial charge in [0.15, 0.2) is 0 Å². The lowest BCUT2D eigenvalue weighted by Gasteiger charge is -2.23. The maximum absolute atomic E-state index is 5.91. The highest BCUT2D eigenvalue weighted by Gasteiger charge is 2.35. The van der Waals surface area contributed by atoms with Gasteiger partial charge >= 0.3 is 0 Å². The molecular formula is C22H27N5. The first-order chi connectivity index (χ1) is 13.3. The molecule has 1 atom stereocenters. The molecule has 1 aromatic carbocycles. The zero-order chi connectivity index (χ0) is 18.2. The minimum atomic E-state index is 0.607. The van der Waals surface area contributed by atoms with Crippen molar-refractivity contribution in [1.29, 1.82) is 0 Å². The normalized spacial score (nSPS) is 19.2. The van der Waals surface area contributed by atoms with E-state index in [2.05, 4.69) is 28.1 Å². The van der Waals surface area contributed by atoms with Crippen molar-refractivity contribution in [2.45, 2.75) is 56.9 Å². The Morgan fingerprint density at radius 2 is 1.96 bits per heavy atom. The topological polar surface area (TPSA) is 61.7 Å². The third kappa shape index (κ3) is 3.21.